The van der Waals surface area contributed by atoms with Gasteiger partial charge in [-0.1, -0.05) is 125 Å². The Hall–Kier alpha value is -16.6. The lowest BCUT2D eigenvalue weighted by atomic mass is 10.0. The van der Waals surface area contributed by atoms with Gasteiger partial charge in [0.15, 0.2) is 29.0 Å². The number of phenolic OH excluding ortho intramolecular Hbond substituents is 1. The number of nitrogens with zero attached hydrogens (tertiary/aromatic N) is 27. The van der Waals surface area contributed by atoms with Crippen LogP contribution in [0.1, 0.15) is 81.3 Å². The second kappa shape index (κ2) is 39.3. The van der Waals surface area contributed by atoms with Crippen molar-refractivity contribution in [1.29, 1.82) is 0 Å². The maximum absolute atomic E-state index is 12.2. The molecule has 0 fully saturated rings. The predicted molar refractivity (Wildman–Crippen MR) is 393 cm³/mol. The summed E-state index contributed by atoms with van der Waals surface area (Å²) in [4.78, 5) is 103. The number of benzene rings is 5. The van der Waals surface area contributed by atoms with Crippen LogP contribution in [0.15, 0.2) is 168 Å². The number of phenols is 1. The quantitative estimate of drug-likeness (QED) is 0.0481. The lowest BCUT2D eigenvalue weighted by molar-refractivity contribution is -0.136. The zero-order valence-electron chi connectivity index (χ0n) is 60.6. The lowest BCUT2D eigenvalue weighted by Crippen LogP contribution is -2.22. The van der Waals surface area contributed by atoms with Crippen LogP contribution in [-0.4, -0.2) is 218 Å². The van der Waals surface area contributed by atoms with Gasteiger partial charge in [-0.3, -0.25) is 33.8 Å². The first-order valence-electron chi connectivity index (χ1n) is 33.5. The molecule has 17 aromatic rings. The highest BCUT2D eigenvalue weighted by molar-refractivity contribution is 6.00. The summed E-state index contributed by atoms with van der Waals surface area (Å²) in [5.41, 5.74) is 6.25. The Balaban J connectivity index is 0.000000139. The number of ketones is 2. The summed E-state index contributed by atoms with van der Waals surface area (Å²) >= 11 is 0. The average Bonchev–Trinajstić information content (AvgIpc) is 1.38. The number of fused-ring (bicyclic) bond motifs is 3. The van der Waals surface area contributed by atoms with E-state index in [4.69, 9.17) is 14.3 Å². The second-order valence-corrected chi connectivity index (χ2v) is 22.9. The topological polar surface area (TPSA) is 665 Å². The van der Waals surface area contributed by atoms with E-state index in [-0.39, 0.29) is 70.7 Å². The van der Waals surface area contributed by atoms with E-state index in [1.807, 2.05) is 118 Å². The number of carboxylic acids is 1. The van der Waals surface area contributed by atoms with Gasteiger partial charge in [0.1, 0.15) is 34.6 Å². The number of hydrogen-bond acceptors (Lipinski definition) is 35. The number of rotatable bonds is 16. The first kappa shape index (κ1) is 79.9. The molecule has 580 valence electrons. The number of aromatic nitrogens is 36. The highest BCUT2D eigenvalue weighted by Crippen LogP contribution is 2.24. The van der Waals surface area contributed by atoms with Gasteiger partial charge in [-0.2, -0.15) is 45.5 Å². The van der Waals surface area contributed by atoms with Crippen molar-refractivity contribution in [3.63, 3.8) is 0 Å². The van der Waals surface area contributed by atoms with Crippen molar-refractivity contribution in [1.82, 2.24) is 183 Å². The maximum atomic E-state index is 12.2. The maximum Gasteiger partial charge on any atom is 0.347 e. The number of carbonyl (C=O) groups excluding carboxylic acids is 2. The summed E-state index contributed by atoms with van der Waals surface area (Å²) in [6.45, 7) is 10.2. The summed E-state index contributed by atoms with van der Waals surface area (Å²) < 4.78 is 14.2. The number of tetrazole rings is 8. The van der Waals surface area contributed by atoms with Crippen LogP contribution in [0.2, 0.25) is 0 Å². The van der Waals surface area contributed by atoms with E-state index in [1.165, 1.54) is 43.7 Å². The number of ether oxygens (including phenoxy) is 1. The molecule has 0 unspecified atom stereocenters. The van der Waals surface area contributed by atoms with Crippen LogP contribution in [0.3, 0.4) is 0 Å². The van der Waals surface area contributed by atoms with Crippen LogP contribution in [0.5, 0.6) is 11.5 Å². The predicted octanol–water partition coefficient (Wildman–Crippen LogP) is 1.40. The molecule has 0 saturated carbocycles. The second-order valence-electron chi connectivity index (χ2n) is 22.9. The number of carboxylic acid groups (broad SMARTS) is 1. The first-order chi connectivity index (χ1) is 55.3. The van der Waals surface area contributed by atoms with Gasteiger partial charge in [0.05, 0.1) is 36.8 Å². The minimum Gasteiger partial charge on any atom is -0.507 e. The number of aliphatic carboxylic acids is 1. The molecule has 0 bridgehead atoms. The highest BCUT2D eigenvalue weighted by atomic mass is 16.5. The largest absolute Gasteiger partial charge is 0.507 e. The van der Waals surface area contributed by atoms with Gasteiger partial charge in [-0.15, -0.1) is 56.1 Å². The Morgan fingerprint density at radius 1 is 0.535 bits per heavy atom. The number of nitrogens with one attached hydrogen (secondary N) is 9. The summed E-state index contributed by atoms with van der Waals surface area (Å²) in [7, 11) is 1.55. The molecule has 48 nitrogen and oxygen atoms in total. The van der Waals surface area contributed by atoms with Crippen LogP contribution in [0, 0.1) is 13.8 Å². The molecule has 0 aliphatic heterocycles. The molecule has 0 aliphatic rings. The number of para-hydroxylation sites is 1. The van der Waals surface area contributed by atoms with Gasteiger partial charge in [0.2, 0.25) is 17.5 Å². The smallest absolute Gasteiger partial charge is 0.347 e. The molecule has 17 rings (SSSR count). The normalized spacial score (nSPS) is 10.4. The molecule has 114 heavy (non-hydrogen) atoms. The Labute approximate surface area is 634 Å². The molecular weight excluding hydrogens is 1490 g/mol. The SMILES string of the molecule is CCc1ccc(O)c(C(=O)Cc2nn[nH]n2)c1.CCc1ccc(OC)c(C(=O)Cc2nn[nH]n2)c1.CCn1nnnc1CC(=O)O.Cc1cc(=O)n2[nH]nnc2n1.Cc1ccc(-c2nn[nH]n2)cc1.O=c1[nH]cc(-c2nn[nH]n2)c(=O)[nH]1.O=c1cc(-c2ccccc2)nc2nn[nH]n12.O=c1oc2ccccc2cc1-c1nn[nH]n1. The minimum atomic E-state index is -0.922. The first-order valence-corrected chi connectivity index (χ1v) is 33.5. The third kappa shape index (κ3) is 22.0. The van der Waals surface area contributed by atoms with Gasteiger partial charge in [-0.25, -0.2) is 24.2 Å². The van der Waals surface area contributed by atoms with E-state index < -0.39 is 22.8 Å². The fourth-order valence-corrected chi connectivity index (χ4v) is 9.63. The van der Waals surface area contributed by atoms with Crippen LogP contribution in [-0.2, 0) is 43.4 Å². The van der Waals surface area contributed by atoms with E-state index in [0.717, 1.165) is 40.5 Å². The van der Waals surface area contributed by atoms with E-state index in [9.17, 15) is 43.5 Å². The molecule has 0 atom stereocenters. The Kier molecular flexibility index (Phi) is 27.6. The Morgan fingerprint density at radius 3 is 1.68 bits per heavy atom. The Bertz CT molecular complexity index is 6240. The van der Waals surface area contributed by atoms with Crippen LogP contribution >= 0.6 is 0 Å². The highest BCUT2D eigenvalue weighted by Gasteiger charge is 2.18. The number of carbonyl (C=O) groups is 3. The number of aromatic amines is 9. The standard InChI is InChI=1S/C12H14N4O2.C11H12N4O2.C10H7N5O.C10H6N4O2.C8H8N4.C5H4N6O2.C5H5N5O.C5H8N4O2/c1-3-8-4-5-11(18-2)9(6-8)10(17)7-12-13-15-16-14-12;1-2-7-3-4-9(16)8(5-7)10(17)6-11-12-14-15-13-11;16-9-6-8(7-4-2-1-3-5-7)11-10-12-13-14-15(9)10;15-10-7(9-11-13-14-12-9)5-6-3-1-2-4-8(6)16-10;1-6-2-4-7(5-3-6)8-9-11-12-10-8;12-4-2(1-6-5(13)7-4)3-8-10-11-9-3;1-3-2-4(11)10-5(6-3)7-8-9-10;1-2-9-4(3-5(10)11)6-7-8-9/h4-6H,3,7H2,1-2H3,(H,13,14,15,16);3-5,16H,2,6H2,1H3,(H,12,13,14,15);1-6H,(H,11,12,14);1-5H,(H,11,12,13,14);2-5H,1H3,(H,9,10,11,12);1H,(H2,6,7,12,13)(H,8,9,10,11);2H,1H3,(H,6,7,9);2-3H2,1H3,(H,10,11). The zero-order chi connectivity index (χ0) is 80.9. The van der Waals surface area contributed by atoms with Crippen molar-refractivity contribution in [3.05, 3.63) is 243 Å². The molecule has 12 heterocycles. The van der Waals surface area contributed by atoms with Crippen LogP contribution in [0.25, 0.3) is 67.9 Å². The number of Topliss-reactive ketones (excluding diaryl/α,β-unsaturated/α-hetero) is 2. The van der Waals surface area contributed by atoms with Gasteiger partial charge >= 0.3 is 17.3 Å². The van der Waals surface area contributed by atoms with Gasteiger partial charge in [0.25, 0.3) is 28.2 Å². The summed E-state index contributed by atoms with van der Waals surface area (Å²) in [5.74, 6) is 1.99. The number of hydrogen-bond donors (Lipinski definition) is 11. The molecule has 5 aromatic carbocycles. The number of methoxy groups -OCH3 is 1. The van der Waals surface area contributed by atoms with E-state index >= 15 is 0 Å². The molecule has 12 aromatic heterocycles. The molecule has 0 saturated heterocycles. The number of aryl methyl sites for hydroxylation is 5. The van der Waals surface area contributed by atoms with Gasteiger partial charge in [0, 0.05) is 47.1 Å². The van der Waals surface area contributed by atoms with Crippen molar-refractivity contribution in [3.8, 4) is 56.9 Å². The van der Waals surface area contributed by atoms with E-state index in [2.05, 4.69) is 165 Å². The van der Waals surface area contributed by atoms with Crippen molar-refractivity contribution in [2.75, 3.05) is 7.11 Å². The average molecular weight is 1550 g/mol. The Morgan fingerprint density at radius 2 is 1.10 bits per heavy atom. The summed E-state index contributed by atoms with van der Waals surface area (Å²) in [5, 5.41) is 114. The zero-order valence-corrected chi connectivity index (χ0v) is 60.6. The van der Waals surface area contributed by atoms with Crippen molar-refractivity contribution in [2.45, 2.75) is 73.3 Å². The molecule has 11 N–H and O–H groups in total. The van der Waals surface area contributed by atoms with Crippen LogP contribution in [0.4, 0.5) is 0 Å². The van der Waals surface area contributed by atoms with Crippen molar-refractivity contribution >= 4 is 40.1 Å². The fraction of sp³-hybridized carbons (Fsp3) is 0.182. The minimum absolute atomic E-state index is 0.0179. The number of H-pyrrole nitrogens is 9. The fourth-order valence-electron chi connectivity index (χ4n) is 9.63. The molecular formula is C66H64N36O12. The molecule has 0 amide bonds. The van der Waals surface area contributed by atoms with Crippen molar-refractivity contribution in [2.24, 2.45) is 0 Å². The van der Waals surface area contributed by atoms with Gasteiger partial charge in [-0.05, 0) is 118 Å². The van der Waals surface area contributed by atoms with Crippen LogP contribution < -0.4 is 32.7 Å². The molecule has 0 radical (unpaired) electrons. The van der Waals surface area contributed by atoms with Crippen molar-refractivity contribution < 1.29 is 33.8 Å². The third-order valence-electron chi connectivity index (χ3n) is 15.2. The number of aromatic hydroxyl groups is 1. The monoisotopic (exact) mass is 1550 g/mol. The lowest BCUT2D eigenvalue weighted by Gasteiger charge is -2.08. The molecule has 0 spiro atoms. The summed E-state index contributed by atoms with van der Waals surface area (Å²) in [6, 6.07) is 39.9. The molecule has 48 heteroatoms. The van der Waals surface area contributed by atoms with E-state index in [0.29, 0.717) is 75.0 Å². The van der Waals surface area contributed by atoms with Gasteiger partial charge < -0.3 is 24.4 Å². The molecule has 0 aliphatic carbocycles. The summed E-state index contributed by atoms with van der Waals surface area (Å²) in [6.07, 6.45) is 2.92. The third-order valence-corrected chi connectivity index (χ3v) is 15.2. The van der Waals surface area contributed by atoms with E-state index in [1.54, 1.807) is 44.4 Å².